The van der Waals surface area contributed by atoms with Crippen LogP contribution in [0.1, 0.15) is 16.8 Å². The van der Waals surface area contributed by atoms with Crippen LogP contribution in [0.3, 0.4) is 0 Å². The number of pyridine rings is 2. The van der Waals surface area contributed by atoms with E-state index < -0.39 is 0 Å². The van der Waals surface area contributed by atoms with Gasteiger partial charge in [0.1, 0.15) is 0 Å². The lowest BCUT2D eigenvalue weighted by Gasteiger charge is -2.05. The first-order valence-electron chi connectivity index (χ1n) is 5.53. The predicted octanol–water partition coefficient (Wildman–Crippen LogP) is 2.15. The Morgan fingerprint density at radius 1 is 1.22 bits per heavy atom. The van der Waals surface area contributed by atoms with Crippen molar-refractivity contribution in [1.82, 2.24) is 15.4 Å². The Balaban J connectivity index is 2.41. The Morgan fingerprint density at radius 3 is 2.56 bits per heavy atom. The maximum atomic E-state index is 9.15. The Kier molecular flexibility index (Phi) is 3.64. The van der Waals surface area contributed by atoms with Crippen LogP contribution in [-0.2, 0) is 0 Å². The summed E-state index contributed by atoms with van der Waals surface area (Å²) in [5.41, 5.74) is 4.80. The molecule has 0 amide bonds. The summed E-state index contributed by atoms with van der Waals surface area (Å²) in [6.07, 6.45) is 3.27. The van der Waals surface area contributed by atoms with Crippen molar-refractivity contribution in [3.05, 3.63) is 53.5 Å². The predicted molar refractivity (Wildman–Crippen MR) is 69.1 cm³/mol. The minimum atomic E-state index is 0.343. The quantitative estimate of drug-likeness (QED) is 0.481. The van der Waals surface area contributed by atoms with Crippen LogP contribution in [-0.4, -0.2) is 21.0 Å². The fraction of sp³-hybridized carbons (Fsp3) is 0.154. The average molecular weight is 242 g/mol. The molecule has 2 N–H and O–H groups in total. The van der Waals surface area contributed by atoms with Crippen molar-refractivity contribution in [2.75, 3.05) is 0 Å². The van der Waals surface area contributed by atoms with Gasteiger partial charge in [0.05, 0.1) is 0 Å². The van der Waals surface area contributed by atoms with Gasteiger partial charge in [-0.05, 0) is 43.7 Å². The number of hydrogen-bond acceptors (Lipinski definition) is 4. The van der Waals surface area contributed by atoms with Crippen molar-refractivity contribution >= 4 is 11.7 Å². The summed E-state index contributed by atoms with van der Waals surface area (Å²) in [5.74, 6) is 0.899. The fourth-order valence-electron chi connectivity index (χ4n) is 1.66. The largest absolute Gasteiger partial charge is 0.290 e. The number of nitrogens with one attached hydrogen (secondary N) is 1. The van der Waals surface area contributed by atoms with Gasteiger partial charge in [-0.3, -0.25) is 15.7 Å². The Morgan fingerprint density at radius 2 is 1.94 bits per heavy atom. The Labute approximate surface area is 105 Å². The number of aromatic nitrogens is 2. The highest BCUT2D eigenvalue weighted by Crippen LogP contribution is 2.13. The maximum absolute atomic E-state index is 9.15. The van der Waals surface area contributed by atoms with Crippen LogP contribution in [0.15, 0.2) is 41.7 Å². The topological polar surface area (TPSA) is 70.4 Å². The summed E-state index contributed by atoms with van der Waals surface area (Å²) in [5, 5.41) is 9.15. The second-order valence-electron chi connectivity index (χ2n) is 3.95. The molecule has 0 spiro atoms. The van der Waals surface area contributed by atoms with E-state index in [0.717, 1.165) is 16.8 Å². The SMILES string of the molecule is Cc1cc(C)nc(/N=C(\NO)c2ccncc2)c1. The van der Waals surface area contributed by atoms with Gasteiger partial charge < -0.3 is 0 Å². The number of aliphatic imine (C=N–C) groups is 1. The molecule has 0 unspecified atom stereocenters. The van der Waals surface area contributed by atoms with Gasteiger partial charge in [-0.25, -0.2) is 9.98 Å². The first-order chi connectivity index (χ1) is 8.69. The van der Waals surface area contributed by atoms with Gasteiger partial charge in [0.15, 0.2) is 11.7 Å². The minimum Gasteiger partial charge on any atom is -0.290 e. The molecule has 2 heterocycles. The van der Waals surface area contributed by atoms with E-state index in [9.17, 15) is 0 Å². The van der Waals surface area contributed by atoms with Crippen LogP contribution in [0.2, 0.25) is 0 Å². The molecule has 5 nitrogen and oxygen atoms in total. The molecule has 0 aliphatic rings. The molecule has 0 saturated heterocycles. The molecule has 0 aromatic carbocycles. The molecule has 2 rings (SSSR count). The molecule has 5 heteroatoms. The lowest BCUT2D eigenvalue weighted by atomic mass is 10.2. The summed E-state index contributed by atoms with van der Waals surface area (Å²) < 4.78 is 0. The summed E-state index contributed by atoms with van der Waals surface area (Å²) >= 11 is 0. The molecular formula is C13H14N4O. The molecule has 0 fully saturated rings. The van der Waals surface area contributed by atoms with Crippen LogP contribution in [0.5, 0.6) is 0 Å². The molecule has 18 heavy (non-hydrogen) atoms. The molecule has 0 aliphatic heterocycles. The van der Waals surface area contributed by atoms with E-state index in [0.29, 0.717) is 11.7 Å². The number of rotatable bonds is 2. The van der Waals surface area contributed by atoms with Gasteiger partial charge in [-0.2, -0.15) is 0 Å². The molecule has 0 bridgehead atoms. The lowest BCUT2D eigenvalue weighted by molar-refractivity contribution is 0.235. The molecule has 2 aromatic heterocycles. The second-order valence-corrected chi connectivity index (χ2v) is 3.95. The van der Waals surface area contributed by atoms with Crippen molar-refractivity contribution in [1.29, 1.82) is 0 Å². The third kappa shape index (κ3) is 2.89. The molecule has 0 saturated carbocycles. The van der Waals surface area contributed by atoms with E-state index in [2.05, 4.69) is 20.4 Å². The molecule has 92 valence electrons. The first kappa shape index (κ1) is 12.2. The van der Waals surface area contributed by atoms with Crippen LogP contribution in [0, 0.1) is 13.8 Å². The molecule has 0 aliphatic carbocycles. The normalized spacial score (nSPS) is 11.4. The third-order valence-corrected chi connectivity index (χ3v) is 2.37. The molecular weight excluding hydrogens is 228 g/mol. The van der Waals surface area contributed by atoms with Gasteiger partial charge in [-0.15, -0.1) is 0 Å². The number of amidine groups is 1. The molecule has 0 radical (unpaired) electrons. The first-order valence-corrected chi connectivity index (χ1v) is 5.53. The number of aryl methyl sites for hydroxylation is 2. The molecule has 0 atom stereocenters. The van der Waals surface area contributed by atoms with Gasteiger partial charge in [-0.1, -0.05) is 0 Å². The van der Waals surface area contributed by atoms with E-state index in [1.165, 1.54) is 0 Å². The molecule has 2 aromatic rings. The average Bonchev–Trinajstić information content (AvgIpc) is 2.36. The summed E-state index contributed by atoms with van der Waals surface area (Å²) in [6.45, 7) is 3.89. The van der Waals surface area contributed by atoms with E-state index in [1.54, 1.807) is 24.5 Å². The number of nitrogens with zero attached hydrogens (tertiary/aromatic N) is 3. The second kappa shape index (κ2) is 5.37. The van der Waals surface area contributed by atoms with Crippen molar-refractivity contribution in [3.8, 4) is 0 Å². The highest BCUT2D eigenvalue weighted by atomic mass is 16.5. The van der Waals surface area contributed by atoms with E-state index >= 15 is 0 Å². The third-order valence-electron chi connectivity index (χ3n) is 2.37. The minimum absolute atomic E-state index is 0.343. The van der Waals surface area contributed by atoms with Gasteiger partial charge in [0, 0.05) is 23.7 Å². The van der Waals surface area contributed by atoms with Crippen LogP contribution in [0.4, 0.5) is 5.82 Å². The summed E-state index contributed by atoms with van der Waals surface area (Å²) in [6, 6.07) is 7.33. The van der Waals surface area contributed by atoms with Crippen LogP contribution in [0.25, 0.3) is 0 Å². The number of hydroxylamine groups is 1. The van der Waals surface area contributed by atoms with E-state index in [1.807, 2.05) is 26.0 Å². The van der Waals surface area contributed by atoms with Crippen molar-refractivity contribution in [2.45, 2.75) is 13.8 Å². The zero-order valence-electron chi connectivity index (χ0n) is 10.3. The Hall–Kier alpha value is -2.27. The summed E-state index contributed by atoms with van der Waals surface area (Å²) in [7, 11) is 0. The summed E-state index contributed by atoms with van der Waals surface area (Å²) in [4.78, 5) is 12.5. The highest BCUT2D eigenvalue weighted by Gasteiger charge is 2.03. The van der Waals surface area contributed by atoms with Crippen LogP contribution < -0.4 is 5.48 Å². The van der Waals surface area contributed by atoms with Gasteiger partial charge in [0.25, 0.3) is 0 Å². The zero-order valence-corrected chi connectivity index (χ0v) is 10.3. The van der Waals surface area contributed by atoms with Crippen LogP contribution >= 0.6 is 0 Å². The standard InChI is InChI=1S/C13H14N4O/c1-9-7-10(2)15-12(8-9)16-13(17-18)11-3-5-14-6-4-11/h3-8,18H,1-2H3,(H,15,16,17). The Bertz CT molecular complexity index is 546. The smallest absolute Gasteiger partial charge is 0.159 e. The van der Waals surface area contributed by atoms with Crippen molar-refractivity contribution in [3.63, 3.8) is 0 Å². The van der Waals surface area contributed by atoms with Gasteiger partial charge in [0.2, 0.25) is 0 Å². The van der Waals surface area contributed by atoms with E-state index in [4.69, 9.17) is 5.21 Å². The van der Waals surface area contributed by atoms with Crippen molar-refractivity contribution in [2.24, 2.45) is 4.99 Å². The number of hydrogen-bond donors (Lipinski definition) is 2. The van der Waals surface area contributed by atoms with Crippen molar-refractivity contribution < 1.29 is 5.21 Å². The maximum Gasteiger partial charge on any atom is 0.159 e. The van der Waals surface area contributed by atoms with E-state index in [-0.39, 0.29) is 0 Å². The fourth-order valence-corrected chi connectivity index (χ4v) is 1.66. The highest BCUT2D eigenvalue weighted by molar-refractivity contribution is 5.99. The monoisotopic (exact) mass is 242 g/mol. The zero-order chi connectivity index (χ0) is 13.0. The lowest BCUT2D eigenvalue weighted by Crippen LogP contribution is -2.20. The van der Waals surface area contributed by atoms with Gasteiger partial charge >= 0.3 is 0 Å².